The molecule has 0 atom stereocenters. The molecule has 1 aromatic heterocycles. The number of hydrogen-bond acceptors (Lipinski definition) is 3. The number of fused-ring (bicyclic) bond motifs is 1. The minimum Gasteiger partial charge on any atom is -0.400 e. The Hall–Kier alpha value is -1.26. The zero-order valence-electron chi connectivity index (χ0n) is 9.60. The number of carbonyl (C=O) groups is 1. The lowest BCUT2D eigenvalue weighted by atomic mass is 10.3. The van der Waals surface area contributed by atoms with Crippen LogP contribution in [0.25, 0.3) is 10.1 Å². The van der Waals surface area contributed by atoms with Crippen LogP contribution in [-0.4, -0.2) is 18.5 Å². The Kier molecular flexibility index (Phi) is 5.80. The van der Waals surface area contributed by atoms with Crippen LogP contribution >= 0.6 is 11.3 Å². The summed E-state index contributed by atoms with van der Waals surface area (Å²) in [5.41, 5.74) is 0. The monoisotopic (exact) mass is 254 g/mol. The molecule has 0 amide bonds. The third-order valence-corrected chi connectivity index (χ3v) is 3.11. The van der Waals surface area contributed by atoms with Gasteiger partial charge in [0, 0.05) is 17.7 Å². The molecule has 1 fully saturated rings. The van der Waals surface area contributed by atoms with Gasteiger partial charge in [0.25, 0.3) is 0 Å². The smallest absolute Gasteiger partial charge is 0.124 e. The van der Waals surface area contributed by atoms with Gasteiger partial charge in [0.2, 0.25) is 0 Å². The van der Waals surface area contributed by atoms with E-state index in [4.69, 9.17) is 5.11 Å². The van der Waals surface area contributed by atoms with Crippen molar-refractivity contribution in [1.29, 1.82) is 0 Å². The van der Waals surface area contributed by atoms with Gasteiger partial charge in [0.15, 0.2) is 0 Å². The quantitative estimate of drug-likeness (QED) is 0.793. The van der Waals surface area contributed by atoms with Crippen molar-refractivity contribution in [3.05, 3.63) is 35.5 Å². The molecule has 1 aliphatic carbocycles. The first-order valence-corrected chi connectivity index (χ1v) is 6.20. The summed E-state index contributed by atoms with van der Waals surface area (Å²) in [6.07, 6.45) is 3.31. The Morgan fingerprint density at radius 1 is 1.35 bits per heavy atom. The Labute approximate surface area is 104 Å². The lowest BCUT2D eigenvalue weighted by molar-refractivity contribution is -0.108. The van der Waals surface area contributed by atoms with Gasteiger partial charge in [0.05, 0.1) is 0 Å². The summed E-state index contributed by atoms with van der Waals surface area (Å²) in [7, 11) is 1.00. The van der Waals surface area contributed by atoms with Crippen molar-refractivity contribution in [3.63, 3.8) is 0 Å². The molecule has 1 aliphatic rings. The lowest BCUT2D eigenvalue weighted by Crippen LogP contribution is -1.67. The number of aldehydes is 1. The van der Waals surface area contributed by atoms with Crippen LogP contribution in [0.15, 0.2) is 29.6 Å². The highest BCUT2D eigenvalue weighted by Gasteiger charge is 2.18. The molecule has 17 heavy (non-hydrogen) atoms. The number of thiophene rings is 1. The number of carbonyl (C=O) groups excluding carboxylic acids is 1. The van der Waals surface area contributed by atoms with E-state index in [0.717, 1.165) is 36.3 Å². The second-order valence-electron chi connectivity index (χ2n) is 3.58. The second kappa shape index (κ2) is 7.14. The van der Waals surface area contributed by atoms with E-state index in [1.165, 1.54) is 6.07 Å². The van der Waals surface area contributed by atoms with E-state index in [0.29, 0.717) is 5.92 Å². The zero-order valence-corrected chi connectivity index (χ0v) is 10.4. The largest absolute Gasteiger partial charge is 0.400 e. The summed E-state index contributed by atoms with van der Waals surface area (Å²) in [4.78, 5) is 9.57. The second-order valence-corrected chi connectivity index (χ2v) is 4.52. The van der Waals surface area contributed by atoms with Crippen molar-refractivity contribution < 1.29 is 14.3 Å². The predicted octanol–water partition coefficient (Wildman–Crippen LogP) is 3.24. The van der Waals surface area contributed by atoms with E-state index >= 15 is 0 Å². The Balaban J connectivity index is 0.000000175. The molecule has 2 nitrogen and oxygen atoms in total. The van der Waals surface area contributed by atoms with Crippen molar-refractivity contribution in [2.75, 3.05) is 7.11 Å². The zero-order chi connectivity index (χ0) is 12.7. The predicted molar refractivity (Wildman–Crippen MR) is 68.7 cm³/mol. The molecular formula is C13H15FO2S. The summed E-state index contributed by atoms with van der Waals surface area (Å²) >= 11 is 1.56. The highest BCUT2D eigenvalue weighted by Crippen LogP contribution is 2.25. The molecule has 3 rings (SSSR count). The number of benzene rings is 1. The molecular weight excluding hydrogens is 239 g/mol. The van der Waals surface area contributed by atoms with Gasteiger partial charge < -0.3 is 9.90 Å². The van der Waals surface area contributed by atoms with Crippen LogP contribution < -0.4 is 0 Å². The van der Waals surface area contributed by atoms with Crippen LogP contribution in [0.2, 0.25) is 0 Å². The summed E-state index contributed by atoms with van der Waals surface area (Å²) in [5.74, 6) is 0.296. The van der Waals surface area contributed by atoms with Crippen LogP contribution in [0.5, 0.6) is 0 Å². The van der Waals surface area contributed by atoms with Gasteiger partial charge in [-0.15, -0.1) is 11.3 Å². The van der Waals surface area contributed by atoms with Gasteiger partial charge in [-0.05, 0) is 41.8 Å². The maximum absolute atomic E-state index is 12.5. The van der Waals surface area contributed by atoms with Crippen molar-refractivity contribution >= 4 is 27.7 Å². The maximum Gasteiger partial charge on any atom is 0.124 e. The van der Waals surface area contributed by atoms with Crippen LogP contribution in [0.1, 0.15) is 12.8 Å². The first-order valence-electron chi connectivity index (χ1n) is 5.32. The van der Waals surface area contributed by atoms with Crippen molar-refractivity contribution in [2.24, 2.45) is 5.92 Å². The SMILES string of the molecule is CO.Fc1ccc2ccsc2c1.O=CC1CC1. The third-order valence-electron chi connectivity index (χ3n) is 2.23. The summed E-state index contributed by atoms with van der Waals surface area (Å²) in [5, 5.41) is 10.1. The topological polar surface area (TPSA) is 37.3 Å². The first-order chi connectivity index (χ1) is 8.29. The van der Waals surface area contributed by atoms with Gasteiger partial charge >= 0.3 is 0 Å². The van der Waals surface area contributed by atoms with Crippen molar-refractivity contribution in [2.45, 2.75) is 12.8 Å². The molecule has 0 saturated heterocycles. The minimum atomic E-state index is -0.157. The highest BCUT2D eigenvalue weighted by molar-refractivity contribution is 7.17. The molecule has 0 radical (unpaired) electrons. The van der Waals surface area contributed by atoms with Crippen LogP contribution in [-0.2, 0) is 4.79 Å². The number of aliphatic hydroxyl groups excluding tert-OH is 1. The van der Waals surface area contributed by atoms with E-state index in [2.05, 4.69) is 0 Å². The van der Waals surface area contributed by atoms with Gasteiger partial charge in [0.1, 0.15) is 12.1 Å². The fourth-order valence-electron chi connectivity index (χ4n) is 1.16. The molecule has 1 aromatic carbocycles. The average Bonchev–Trinajstić information content (AvgIpc) is 3.11. The molecule has 92 valence electrons. The van der Waals surface area contributed by atoms with E-state index in [1.54, 1.807) is 23.5 Å². The fourth-order valence-corrected chi connectivity index (χ4v) is 1.97. The number of halogens is 1. The molecule has 4 heteroatoms. The van der Waals surface area contributed by atoms with E-state index in [1.807, 2.05) is 11.4 Å². The van der Waals surface area contributed by atoms with Crippen LogP contribution in [0.4, 0.5) is 4.39 Å². The number of rotatable bonds is 1. The maximum atomic E-state index is 12.5. The first kappa shape index (κ1) is 13.8. The normalized spacial score (nSPS) is 13.1. The average molecular weight is 254 g/mol. The van der Waals surface area contributed by atoms with Gasteiger partial charge in [-0.2, -0.15) is 0 Å². The Bertz CT molecular complexity index is 463. The molecule has 0 spiro atoms. The molecule has 0 unspecified atom stereocenters. The number of hydrogen-bond donors (Lipinski definition) is 1. The van der Waals surface area contributed by atoms with E-state index < -0.39 is 0 Å². The molecule has 1 N–H and O–H groups in total. The third kappa shape index (κ3) is 4.63. The Morgan fingerprint density at radius 2 is 2.06 bits per heavy atom. The molecule has 0 aliphatic heterocycles. The standard InChI is InChI=1S/C8H5FS.C4H6O.CH4O/c9-7-2-1-6-3-4-10-8(6)5-7;5-3-4-1-2-4;1-2/h1-5H;3-4H,1-2H2;2H,1H3. The molecule has 1 heterocycles. The molecule has 1 saturated carbocycles. The van der Waals surface area contributed by atoms with Crippen molar-refractivity contribution in [1.82, 2.24) is 0 Å². The summed E-state index contributed by atoms with van der Waals surface area (Å²) < 4.78 is 13.5. The fraction of sp³-hybridized carbons (Fsp3) is 0.308. The van der Waals surface area contributed by atoms with E-state index in [9.17, 15) is 9.18 Å². The lowest BCUT2D eigenvalue weighted by Gasteiger charge is -1.86. The minimum absolute atomic E-state index is 0.157. The van der Waals surface area contributed by atoms with Gasteiger partial charge in [-0.1, -0.05) is 6.07 Å². The number of aliphatic hydroxyl groups is 1. The van der Waals surface area contributed by atoms with Crippen molar-refractivity contribution in [3.8, 4) is 0 Å². The highest BCUT2D eigenvalue weighted by atomic mass is 32.1. The van der Waals surface area contributed by atoms with Gasteiger partial charge in [-0.25, -0.2) is 4.39 Å². The molecule has 2 aromatic rings. The van der Waals surface area contributed by atoms with E-state index in [-0.39, 0.29) is 5.82 Å². The van der Waals surface area contributed by atoms with Gasteiger partial charge in [-0.3, -0.25) is 0 Å². The van der Waals surface area contributed by atoms with Crippen LogP contribution in [0, 0.1) is 11.7 Å². The summed E-state index contributed by atoms with van der Waals surface area (Å²) in [6, 6.07) is 6.82. The summed E-state index contributed by atoms with van der Waals surface area (Å²) in [6.45, 7) is 0. The molecule has 0 bridgehead atoms. The Morgan fingerprint density at radius 3 is 2.59 bits per heavy atom. The van der Waals surface area contributed by atoms with Crippen LogP contribution in [0.3, 0.4) is 0 Å².